The Hall–Kier alpha value is -3.03. The molecule has 0 aliphatic heterocycles. The predicted octanol–water partition coefficient (Wildman–Crippen LogP) is 6.03. The number of nitrogens with zero attached hydrogens (tertiary/aromatic N) is 3. The molecule has 0 saturated carbocycles. The quantitative estimate of drug-likeness (QED) is 0.312. The van der Waals surface area contributed by atoms with Crippen molar-refractivity contribution in [2.24, 2.45) is 0 Å². The van der Waals surface area contributed by atoms with Crippen LogP contribution in [0.2, 0.25) is 5.02 Å². The van der Waals surface area contributed by atoms with Crippen molar-refractivity contribution in [3.8, 4) is 5.75 Å². The topological polar surface area (TPSA) is 69.0 Å². The highest BCUT2D eigenvalue weighted by molar-refractivity contribution is 7.99. The van der Waals surface area contributed by atoms with E-state index in [1.165, 1.54) is 22.5 Å². The van der Waals surface area contributed by atoms with E-state index < -0.39 is 0 Å². The highest BCUT2D eigenvalue weighted by Crippen LogP contribution is 2.28. The molecule has 8 heteroatoms. The number of benzene rings is 3. The van der Waals surface area contributed by atoms with Gasteiger partial charge in [0, 0.05) is 17.3 Å². The minimum atomic E-state index is -0.124. The number of nitrogens with one attached hydrogen (secondary N) is 1. The number of anilines is 1. The van der Waals surface area contributed by atoms with Crippen molar-refractivity contribution in [1.82, 2.24) is 14.8 Å². The Labute approximate surface area is 202 Å². The standard InChI is InChI=1S/C25H25ClN4O2S/c1-4-30-23(14-32-22-13-12-18-8-5-6-9-19(18)16(22)2)28-29-25(30)33-15-24(31)27-21-11-7-10-20(26)17(21)3/h5-13H,4,14-15H2,1-3H3,(H,27,31). The van der Waals surface area contributed by atoms with Crippen LogP contribution < -0.4 is 10.1 Å². The zero-order valence-electron chi connectivity index (χ0n) is 18.8. The summed E-state index contributed by atoms with van der Waals surface area (Å²) >= 11 is 7.48. The lowest BCUT2D eigenvalue weighted by atomic mass is 10.0. The Morgan fingerprint density at radius 3 is 2.70 bits per heavy atom. The van der Waals surface area contributed by atoms with Gasteiger partial charge in [-0.3, -0.25) is 4.79 Å². The molecule has 0 bridgehead atoms. The number of fused-ring (bicyclic) bond motifs is 1. The van der Waals surface area contributed by atoms with Crippen LogP contribution >= 0.6 is 23.4 Å². The molecule has 1 amide bonds. The smallest absolute Gasteiger partial charge is 0.234 e. The third-order valence-electron chi connectivity index (χ3n) is 5.49. The summed E-state index contributed by atoms with van der Waals surface area (Å²) in [5.41, 5.74) is 2.65. The molecule has 0 atom stereocenters. The van der Waals surface area contributed by atoms with Gasteiger partial charge < -0.3 is 14.6 Å². The number of hydrogen-bond donors (Lipinski definition) is 1. The molecule has 4 rings (SSSR count). The Morgan fingerprint density at radius 2 is 1.88 bits per heavy atom. The number of thioether (sulfide) groups is 1. The average molecular weight is 481 g/mol. The second kappa shape index (κ2) is 10.3. The van der Waals surface area contributed by atoms with E-state index in [1.807, 2.05) is 48.7 Å². The van der Waals surface area contributed by atoms with Crippen LogP contribution in [-0.2, 0) is 17.9 Å². The maximum atomic E-state index is 12.5. The summed E-state index contributed by atoms with van der Waals surface area (Å²) in [5, 5.41) is 15.1. The summed E-state index contributed by atoms with van der Waals surface area (Å²) in [5.74, 6) is 1.64. The fourth-order valence-electron chi connectivity index (χ4n) is 3.62. The second-order valence-electron chi connectivity index (χ2n) is 7.59. The molecular formula is C25H25ClN4O2S. The molecule has 6 nitrogen and oxygen atoms in total. The molecule has 1 N–H and O–H groups in total. The molecule has 1 aromatic heterocycles. The van der Waals surface area contributed by atoms with Crippen molar-refractivity contribution in [1.29, 1.82) is 0 Å². The summed E-state index contributed by atoms with van der Waals surface area (Å²) in [6.07, 6.45) is 0. The lowest BCUT2D eigenvalue weighted by molar-refractivity contribution is -0.113. The number of carbonyl (C=O) groups is 1. The average Bonchev–Trinajstić information content (AvgIpc) is 3.22. The van der Waals surface area contributed by atoms with Gasteiger partial charge in [0.25, 0.3) is 0 Å². The van der Waals surface area contributed by atoms with Gasteiger partial charge in [0.2, 0.25) is 5.91 Å². The van der Waals surface area contributed by atoms with E-state index >= 15 is 0 Å². The van der Waals surface area contributed by atoms with E-state index in [9.17, 15) is 4.79 Å². The van der Waals surface area contributed by atoms with Gasteiger partial charge in [-0.05, 0) is 60.9 Å². The molecule has 0 fully saturated rings. The van der Waals surface area contributed by atoms with E-state index in [1.54, 1.807) is 6.07 Å². The largest absolute Gasteiger partial charge is 0.485 e. The van der Waals surface area contributed by atoms with Crippen molar-refractivity contribution in [2.45, 2.75) is 39.1 Å². The summed E-state index contributed by atoms with van der Waals surface area (Å²) in [6, 6.07) is 17.7. The summed E-state index contributed by atoms with van der Waals surface area (Å²) in [6.45, 7) is 6.94. The number of amides is 1. The van der Waals surface area contributed by atoms with E-state index in [4.69, 9.17) is 16.3 Å². The molecule has 4 aromatic rings. The van der Waals surface area contributed by atoms with Gasteiger partial charge >= 0.3 is 0 Å². The van der Waals surface area contributed by atoms with Crippen molar-refractivity contribution in [2.75, 3.05) is 11.1 Å². The van der Waals surface area contributed by atoms with Crippen LogP contribution in [0.25, 0.3) is 10.8 Å². The minimum absolute atomic E-state index is 0.124. The Bertz CT molecular complexity index is 1310. The zero-order chi connectivity index (χ0) is 23.4. The molecule has 170 valence electrons. The van der Waals surface area contributed by atoms with Gasteiger partial charge in [-0.1, -0.05) is 59.8 Å². The maximum Gasteiger partial charge on any atom is 0.234 e. The first-order valence-corrected chi connectivity index (χ1v) is 12.0. The van der Waals surface area contributed by atoms with Crippen LogP contribution in [0.3, 0.4) is 0 Å². The summed E-state index contributed by atoms with van der Waals surface area (Å²) in [7, 11) is 0. The highest BCUT2D eigenvalue weighted by atomic mass is 35.5. The molecule has 0 saturated heterocycles. The molecule has 33 heavy (non-hydrogen) atoms. The van der Waals surface area contributed by atoms with Crippen molar-refractivity contribution in [3.63, 3.8) is 0 Å². The third-order valence-corrected chi connectivity index (χ3v) is 6.87. The van der Waals surface area contributed by atoms with E-state index in [0.717, 1.165) is 22.7 Å². The van der Waals surface area contributed by atoms with E-state index in [-0.39, 0.29) is 11.7 Å². The van der Waals surface area contributed by atoms with Gasteiger partial charge in [0.15, 0.2) is 11.0 Å². The van der Waals surface area contributed by atoms with Gasteiger partial charge in [0.1, 0.15) is 12.4 Å². The second-order valence-corrected chi connectivity index (χ2v) is 8.94. The zero-order valence-corrected chi connectivity index (χ0v) is 20.3. The molecule has 0 aliphatic rings. The van der Waals surface area contributed by atoms with Crippen molar-refractivity contribution >= 4 is 45.7 Å². The number of ether oxygens (including phenoxy) is 1. The van der Waals surface area contributed by atoms with Gasteiger partial charge in [-0.25, -0.2) is 0 Å². The molecular weight excluding hydrogens is 456 g/mol. The van der Waals surface area contributed by atoms with Gasteiger partial charge in [-0.2, -0.15) is 0 Å². The molecule has 3 aromatic carbocycles. The summed E-state index contributed by atoms with van der Waals surface area (Å²) in [4.78, 5) is 12.5. The molecule has 0 aliphatic carbocycles. The first-order chi connectivity index (χ1) is 16.0. The van der Waals surface area contributed by atoms with Crippen molar-refractivity contribution < 1.29 is 9.53 Å². The monoisotopic (exact) mass is 480 g/mol. The number of rotatable bonds is 8. The van der Waals surface area contributed by atoms with Crippen LogP contribution in [0.1, 0.15) is 23.9 Å². The highest BCUT2D eigenvalue weighted by Gasteiger charge is 2.15. The third kappa shape index (κ3) is 5.15. The van der Waals surface area contributed by atoms with E-state index in [0.29, 0.717) is 29.0 Å². The Morgan fingerprint density at radius 1 is 1.06 bits per heavy atom. The lowest BCUT2D eigenvalue weighted by Crippen LogP contribution is -2.15. The Balaban J connectivity index is 1.40. The van der Waals surface area contributed by atoms with Crippen LogP contribution in [0, 0.1) is 13.8 Å². The first kappa shape index (κ1) is 23.1. The van der Waals surface area contributed by atoms with Crippen molar-refractivity contribution in [3.05, 3.63) is 76.6 Å². The molecule has 1 heterocycles. The fraction of sp³-hybridized carbons (Fsp3) is 0.240. The first-order valence-electron chi connectivity index (χ1n) is 10.7. The number of carbonyl (C=O) groups excluding carboxylic acids is 1. The lowest BCUT2D eigenvalue weighted by Gasteiger charge is -2.12. The van der Waals surface area contributed by atoms with Gasteiger partial charge in [-0.15, -0.1) is 10.2 Å². The molecule has 0 unspecified atom stereocenters. The van der Waals surface area contributed by atoms with Gasteiger partial charge in [0.05, 0.1) is 5.75 Å². The number of aromatic nitrogens is 3. The van der Waals surface area contributed by atoms with Crippen LogP contribution in [0.5, 0.6) is 5.75 Å². The number of halogens is 1. The number of aryl methyl sites for hydroxylation is 1. The van der Waals surface area contributed by atoms with Crippen LogP contribution in [0.15, 0.2) is 59.8 Å². The predicted molar refractivity (Wildman–Crippen MR) is 134 cm³/mol. The SMILES string of the molecule is CCn1c(COc2ccc3ccccc3c2C)nnc1SCC(=O)Nc1cccc(Cl)c1C. The Kier molecular flexibility index (Phi) is 7.20. The minimum Gasteiger partial charge on any atom is -0.485 e. The normalized spacial score (nSPS) is 11.0. The van der Waals surface area contributed by atoms with Crippen LogP contribution in [-0.4, -0.2) is 26.4 Å². The molecule has 0 spiro atoms. The van der Waals surface area contributed by atoms with Crippen LogP contribution in [0.4, 0.5) is 5.69 Å². The number of hydrogen-bond acceptors (Lipinski definition) is 5. The summed E-state index contributed by atoms with van der Waals surface area (Å²) < 4.78 is 8.06. The maximum absolute atomic E-state index is 12.5. The molecule has 0 radical (unpaired) electrons. The fourth-order valence-corrected chi connectivity index (χ4v) is 4.61. The van der Waals surface area contributed by atoms with E-state index in [2.05, 4.69) is 40.6 Å².